The first-order chi connectivity index (χ1) is 5.99. The molecular weight excluding hydrogens is 176 g/mol. The van der Waals surface area contributed by atoms with Crippen LogP contribution in [0.1, 0.15) is 13.3 Å². The van der Waals surface area contributed by atoms with Crippen LogP contribution in [-0.4, -0.2) is 34.4 Å². The van der Waals surface area contributed by atoms with Gasteiger partial charge in [0, 0.05) is 11.3 Å². The third kappa shape index (κ3) is 1.90. The fraction of sp³-hybridized carbons (Fsp3) is 1.00. The number of nitrogens with two attached hydrogens (primary N) is 1. The van der Waals surface area contributed by atoms with Crippen LogP contribution in [0, 0.1) is 0 Å². The second-order valence-corrected chi connectivity index (χ2v) is 3.13. The maximum atomic E-state index is 9.52. The summed E-state index contributed by atoms with van der Waals surface area (Å²) in [5, 5.41) is 21.9. The highest BCUT2D eigenvalue weighted by atomic mass is 16.6. The smallest absolute Gasteiger partial charge is 0.157 e. The van der Waals surface area contributed by atoms with Gasteiger partial charge in [-0.1, -0.05) is 5.11 Å². The summed E-state index contributed by atoms with van der Waals surface area (Å²) in [5.41, 5.74) is 12.3. The van der Waals surface area contributed by atoms with Crippen molar-refractivity contribution in [1.82, 2.24) is 0 Å². The molecule has 1 unspecified atom stereocenters. The lowest BCUT2D eigenvalue weighted by Gasteiger charge is -2.40. The van der Waals surface area contributed by atoms with E-state index in [1.165, 1.54) is 0 Å². The van der Waals surface area contributed by atoms with Crippen molar-refractivity contribution in [2.45, 2.75) is 37.5 Å². The number of hydrogen-bond donors (Lipinski definition) is 3. The molecule has 0 aromatic rings. The van der Waals surface area contributed by atoms with E-state index in [2.05, 4.69) is 10.0 Å². The summed E-state index contributed by atoms with van der Waals surface area (Å²) in [6.07, 6.45) is -2.97. The van der Waals surface area contributed by atoms with E-state index < -0.39 is 24.2 Å². The molecule has 1 aliphatic rings. The molecule has 1 rings (SSSR count). The lowest BCUT2D eigenvalue weighted by Crippen LogP contribution is -2.60. The van der Waals surface area contributed by atoms with Gasteiger partial charge in [0.15, 0.2) is 6.29 Å². The van der Waals surface area contributed by atoms with Crippen LogP contribution in [0.5, 0.6) is 0 Å². The fourth-order valence-electron chi connectivity index (χ4n) is 1.36. The van der Waals surface area contributed by atoms with Gasteiger partial charge in [-0.25, -0.2) is 0 Å². The molecule has 1 saturated heterocycles. The molecule has 74 valence electrons. The molecule has 0 aliphatic carbocycles. The number of aliphatic hydroxyl groups is 2. The molecule has 1 heterocycles. The molecule has 1 fully saturated rings. The maximum absolute atomic E-state index is 9.52. The largest absolute Gasteiger partial charge is 0.388 e. The Hall–Kier alpha value is -0.850. The van der Waals surface area contributed by atoms with Crippen LogP contribution in [0.4, 0.5) is 0 Å². The number of aliphatic hydroxyl groups excluding tert-OH is 2. The number of rotatable bonds is 1. The highest BCUT2D eigenvalue weighted by Gasteiger charge is 2.44. The zero-order chi connectivity index (χ0) is 10.1. The molecule has 0 aromatic carbocycles. The van der Waals surface area contributed by atoms with Gasteiger partial charge in [-0.2, -0.15) is 0 Å². The number of azide groups is 1. The first-order valence-corrected chi connectivity index (χ1v) is 3.86. The van der Waals surface area contributed by atoms with Gasteiger partial charge < -0.3 is 20.7 Å². The Labute approximate surface area is 74.7 Å². The van der Waals surface area contributed by atoms with E-state index in [-0.39, 0.29) is 6.42 Å². The van der Waals surface area contributed by atoms with Crippen molar-refractivity contribution in [2.75, 3.05) is 0 Å². The molecule has 0 amide bonds. The van der Waals surface area contributed by atoms with Crippen molar-refractivity contribution < 1.29 is 14.9 Å². The predicted molar refractivity (Wildman–Crippen MR) is 43.2 cm³/mol. The molecule has 7 nitrogen and oxygen atoms in total. The van der Waals surface area contributed by atoms with Gasteiger partial charge in [-0.15, -0.1) is 0 Å². The summed E-state index contributed by atoms with van der Waals surface area (Å²) >= 11 is 0. The minimum atomic E-state index is -1.48. The topological polar surface area (TPSA) is 124 Å². The second kappa shape index (κ2) is 3.49. The number of ether oxygens (including phenoxy) is 1. The van der Waals surface area contributed by atoms with Gasteiger partial charge in [0.2, 0.25) is 0 Å². The summed E-state index contributed by atoms with van der Waals surface area (Å²) in [5.74, 6) is 0. The Morgan fingerprint density at radius 2 is 2.31 bits per heavy atom. The SMILES string of the molecule is C[C@@H]1OC(O)C[C@@](N)(N=[N+]=[N-])[C@@H]1O. The van der Waals surface area contributed by atoms with E-state index in [1.54, 1.807) is 6.92 Å². The van der Waals surface area contributed by atoms with Gasteiger partial charge in [0.05, 0.1) is 6.10 Å². The molecule has 4 N–H and O–H groups in total. The zero-order valence-electron chi connectivity index (χ0n) is 7.16. The molecule has 0 aromatic heterocycles. The Bertz CT molecular complexity index is 242. The lowest BCUT2D eigenvalue weighted by atomic mass is 9.94. The summed E-state index contributed by atoms with van der Waals surface area (Å²) in [4.78, 5) is 2.52. The van der Waals surface area contributed by atoms with Crippen molar-refractivity contribution in [3.05, 3.63) is 10.4 Å². The molecule has 7 heteroatoms. The van der Waals surface area contributed by atoms with E-state index in [4.69, 9.17) is 21.1 Å². The molecule has 0 spiro atoms. The quantitative estimate of drug-likeness (QED) is 0.289. The Morgan fingerprint density at radius 3 is 2.85 bits per heavy atom. The standard InChI is InChI=1S/C6H12N4O3/c1-3-5(12)6(7,9-10-8)2-4(11)13-3/h3-5,11-12H,2,7H2,1H3/t3-,4?,5+,6+/m0/s1. The van der Waals surface area contributed by atoms with E-state index >= 15 is 0 Å². The van der Waals surface area contributed by atoms with Crippen LogP contribution >= 0.6 is 0 Å². The first kappa shape index (κ1) is 10.2. The molecule has 4 atom stereocenters. The third-order valence-electron chi connectivity index (χ3n) is 2.06. The van der Waals surface area contributed by atoms with Crippen molar-refractivity contribution >= 4 is 0 Å². The summed E-state index contributed by atoms with van der Waals surface area (Å²) in [6, 6.07) is 0. The van der Waals surface area contributed by atoms with Crippen LogP contribution < -0.4 is 5.73 Å². The zero-order valence-corrected chi connectivity index (χ0v) is 7.16. The Balaban J connectivity index is 2.87. The van der Waals surface area contributed by atoms with Crippen LogP contribution in [-0.2, 0) is 4.74 Å². The average Bonchev–Trinajstić information content (AvgIpc) is 2.00. The summed E-state index contributed by atoms with van der Waals surface area (Å²) in [6.45, 7) is 1.54. The van der Waals surface area contributed by atoms with E-state index in [0.717, 1.165) is 0 Å². The van der Waals surface area contributed by atoms with Crippen molar-refractivity contribution in [2.24, 2.45) is 10.8 Å². The first-order valence-electron chi connectivity index (χ1n) is 3.86. The van der Waals surface area contributed by atoms with Gasteiger partial charge >= 0.3 is 0 Å². The van der Waals surface area contributed by atoms with E-state index in [0.29, 0.717) is 0 Å². The second-order valence-electron chi connectivity index (χ2n) is 3.13. The molecule has 0 bridgehead atoms. The Morgan fingerprint density at radius 1 is 1.69 bits per heavy atom. The van der Waals surface area contributed by atoms with Crippen molar-refractivity contribution in [3.8, 4) is 0 Å². The van der Waals surface area contributed by atoms with Crippen LogP contribution in [0.25, 0.3) is 10.4 Å². The lowest BCUT2D eigenvalue weighted by molar-refractivity contribution is -0.217. The van der Waals surface area contributed by atoms with Gasteiger partial charge in [0.1, 0.15) is 11.8 Å². The summed E-state index contributed by atoms with van der Waals surface area (Å²) < 4.78 is 4.88. The number of hydrogen-bond acceptors (Lipinski definition) is 5. The molecule has 1 aliphatic heterocycles. The van der Waals surface area contributed by atoms with Gasteiger partial charge in [0.25, 0.3) is 0 Å². The van der Waals surface area contributed by atoms with Crippen LogP contribution in [0.3, 0.4) is 0 Å². The third-order valence-corrected chi connectivity index (χ3v) is 2.06. The predicted octanol–water partition coefficient (Wildman–Crippen LogP) is -0.560. The monoisotopic (exact) mass is 188 g/mol. The minimum Gasteiger partial charge on any atom is -0.388 e. The highest BCUT2D eigenvalue weighted by molar-refractivity contribution is 4.96. The van der Waals surface area contributed by atoms with Crippen LogP contribution in [0.2, 0.25) is 0 Å². The fourth-order valence-corrected chi connectivity index (χ4v) is 1.36. The van der Waals surface area contributed by atoms with Crippen molar-refractivity contribution in [1.29, 1.82) is 0 Å². The highest BCUT2D eigenvalue weighted by Crippen LogP contribution is 2.27. The molecule has 0 saturated carbocycles. The van der Waals surface area contributed by atoms with E-state index in [1.807, 2.05) is 0 Å². The van der Waals surface area contributed by atoms with Gasteiger partial charge in [-0.05, 0) is 12.5 Å². The van der Waals surface area contributed by atoms with Crippen molar-refractivity contribution in [3.63, 3.8) is 0 Å². The summed E-state index contributed by atoms with van der Waals surface area (Å²) in [7, 11) is 0. The van der Waals surface area contributed by atoms with Gasteiger partial charge in [-0.3, -0.25) is 0 Å². The van der Waals surface area contributed by atoms with Crippen LogP contribution in [0.15, 0.2) is 5.11 Å². The normalized spacial score (nSPS) is 45.4. The number of nitrogens with zero attached hydrogens (tertiary/aromatic N) is 3. The Kier molecular flexibility index (Phi) is 2.74. The molecule has 13 heavy (non-hydrogen) atoms. The molecule has 0 radical (unpaired) electrons. The average molecular weight is 188 g/mol. The van der Waals surface area contributed by atoms with E-state index in [9.17, 15) is 5.11 Å². The minimum absolute atomic E-state index is 0.109. The molecular formula is C6H12N4O3. The maximum Gasteiger partial charge on any atom is 0.157 e.